The molecule has 0 aliphatic carbocycles. The lowest BCUT2D eigenvalue weighted by Crippen LogP contribution is -2.42. The molecule has 0 saturated carbocycles. The van der Waals surface area contributed by atoms with Gasteiger partial charge in [-0.2, -0.15) is 0 Å². The first kappa shape index (κ1) is 14.4. The highest BCUT2D eigenvalue weighted by atomic mass is 19.1. The van der Waals surface area contributed by atoms with E-state index in [0.29, 0.717) is 25.6 Å². The maximum atomic E-state index is 13.8. The van der Waals surface area contributed by atoms with E-state index in [1.807, 2.05) is 0 Å². The van der Waals surface area contributed by atoms with Crippen molar-refractivity contribution in [2.45, 2.75) is 87.8 Å². The summed E-state index contributed by atoms with van der Waals surface area (Å²) >= 11 is 0. The maximum absolute atomic E-state index is 13.8. The van der Waals surface area contributed by atoms with E-state index in [9.17, 15) is 8.78 Å². The summed E-state index contributed by atoms with van der Waals surface area (Å²) in [5, 5.41) is 0. The highest BCUT2D eigenvalue weighted by molar-refractivity contribution is 5.07. The second-order valence-electron chi connectivity index (χ2n) is 8.26. The molecule has 5 atom stereocenters. The van der Waals surface area contributed by atoms with Gasteiger partial charge in [-0.05, 0) is 64.8 Å². The van der Waals surface area contributed by atoms with Crippen LogP contribution in [0.4, 0.5) is 8.78 Å². The molecule has 4 heterocycles. The fourth-order valence-corrected chi connectivity index (χ4v) is 5.91. The molecule has 0 amide bonds. The van der Waals surface area contributed by atoms with Crippen molar-refractivity contribution >= 4 is 0 Å². The fourth-order valence-electron chi connectivity index (χ4n) is 5.91. The summed E-state index contributed by atoms with van der Waals surface area (Å²) in [5.74, 6) is 0. The first-order valence-electron chi connectivity index (χ1n) is 8.81. The number of alkyl halides is 2. The molecule has 4 aliphatic heterocycles. The van der Waals surface area contributed by atoms with E-state index in [-0.39, 0.29) is 11.1 Å². The lowest BCUT2D eigenvalue weighted by atomic mass is 9.86. The van der Waals surface area contributed by atoms with E-state index in [1.54, 1.807) is 0 Å². The molecule has 2 nitrogen and oxygen atoms in total. The molecule has 0 aromatic carbocycles. The topological polar surface area (TPSA) is 6.48 Å². The summed E-state index contributed by atoms with van der Waals surface area (Å²) in [4.78, 5) is 4.85. The minimum atomic E-state index is -0.638. The van der Waals surface area contributed by atoms with Crippen LogP contribution in [-0.2, 0) is 0 Å². The quantitative estimate of drug-likeness (QED) is 0.789. The van der Waals surface area contributed by atoms with Crippen molar-refractivity contribution in [3.05, 3.63) is 0 Å². The number of hydrogen-bond donors (Lipinski definition) is 0. The number of nitrogens with zero attached hydrogens (tertiary/aromatic N) is 2. The third-order valence-electron chi connectivity index (χ3n) is 6.91. The molecule has 0 spiro atoms. The lowest BCUT2D eigenvalue weighted by Gasteiger charge is -2.36. The monoisotopic (exact) mass is 298 g/mol. The lowest BCUT2D eigenvalue weighted by molar-refractivity contribution is 0.127. The van der Waals surface area contributed by atoms with Gasteiger partial charge in [-0.1, -0.05) is 0 Å². The Kier molecular flexibility index (Phi) is 3.35. The molecule has 4 fully saturated rings. The predicted octanol–water partition coefficient (Wildman–Crippen LogP) is 3.31. The molecule has 21 heavy (non-hydrogen) atoms. The minimum absolute atomic E-state index is 0.107. The van der Waals surface area contributed by atoms with Gasteiger partial charge in [-0.25, -0.2) is 8.78 Å². The van der Waals surface area contributed by atoms with E-state index >= 15 is 0 Å². The molecular weight excluding hydrogens is 270 g/mol. The standard InChI is InChI=1S/C17H28F2N2/c1-16-6-3-15(21(16)12-13(18)9-16)4-7-17-5-2-8-20(17)11-14(19)10-17/h13-15H,2-12H2,1H3/t13?,14-,15?,16?,17-/m1/s1. The average Bonchev–Trinajstić information content (AvgIpc) is 3.06. The number of halogens is 2. The van der Waals surface area contributed by atoms with Gasteiger partial charge in [0.25, 0.3) is 0 Å². The molecule has 0 aromatic rings. The Morgan fingerprint density at radius 1 is 1.10 bits per heavy atom. The van der Waals surface area contributed by atoms with Crippen LogP contribution in [0, 0.1) is 0 Å². The SMILES string of the molecule is CC12CCC(CC[C@@]34CCCN3C[C@H](F)C4)N1CC(F)C2. The zero-order chi connectivity index (χ0) is 14.7. The van der Waals surface area contributed by atoms with Gasteiger partial charge in [0, 0.05) is 30.2 Å². The van der Waals surface area contributed by atoms with E-state index in [2.05, 4.69) is 16.7 Å². The largest absolute Gasteiger partial charge is 0.295 e. The van der Waals surface area contributed by atoms with Crippen molar-refractivity contribution in [2.75, 3.05) is 19.6 Å². The van der Waals surface area contributed by atoms with E-state index < -0.39 is 12.3 Å². The second-order valence-corrected chi connectivity index (χ2v) is 8.26. The Balaban J connectivity index is 1.41. The number of rotatable bonds is 3. The normalized spacial score (nSPS) is 50.7. The van der Waals surface area contributed by atoms with Crippen LogP contribution in [0.25, 0.3) is 0 Å². The van der Waals surface area contributed by atoms with Crippen LogP contribution in [0.1, 0.15) is 58.3 Å². The number of hydrogen-bond acceptors (Lipinski definition) is 2. The Bertz CT molecular complexity index is 418. The van der Waals surface area contributed by atoms with Crippen molar-refractivity contribution in [1.29, 1.82) is 0 Å². The van der Waals surface area contributed by atoms with Gasteiger partial charge in [-0.3, -0.25) is 9.80 Å². The van der Waals surface area contributed by atoms with Crippen molar-refractivity contribution in [1.82, 2.24) is 9.80 Å². The summed E-state index contributed by atoms with van der Waals surface area (Å²) in [7, 11) is 0. The Hall–Kier alpha value is -0.220. The van der Waals surface area contributed by atoms with E-state index in [1.165, 1.54) is 19.3 Å². The zero-order valence-corrected chi connectivity index (χ0v) is 13.2. The van der Waals surface area contributed by atoms with Gasteiger partial charge in [0.2, 0.25) is 0 Å². The Labute approximate surface area is 126 Å². The summed E-state index contributed by atoms with van der Waals surface area (Å²) in [6, 6.07) is 0.534. The van der Waals surface area contributed by atoms with Gasteiger partial charge < -0.3 is 0 Å². The molecular formula is C17H28F2N2. The molecule has 4 aliphatic rings. The average molecular weight is 298 g/mol. The van der Waals surface area contributed by atoms with E-state index in [0.717, 1.165) is 32.2 Å². The molecule has 0 bridgehead atoms. The van der Waals surface area contributed by atoms with Gasteiger partial charge in [-0.15, -0.1) is 0 Å². The molecule has 4 rings (SSSR count). The molecule has 3 unspecified atom stereocenters. The van der Waals surface area contributed by atoms with Crippen molar-refractivity contribution in [2.24, 2.45) is 0 Å². The highest BCUT2D eigenvalue weighted by Crippen LogP contribution is 2.47. The molecule has 0 aromatic heterocycles. The summed E-state index contributed by atoms with van der Waals surface area (Å²) in [6.07, 6.45) is 7.18. The highest BCUT2D eigenvalue weighted by Gasteiger charge is 2.52. The molecule has 0 N–H and O–H groups in total. The summed E-state index contributed by atoms with van der Waals surface area (Å²) in [6.45, 7) is 4.60. The zero-order valence-electron chi connectivity index (χ0n) is 13.2. The first-order chi connectivity index (χ1) is 10.0. The van der Waals surface area contributed by atoms with Crippen LogP contribution < -0.4 is 0 Å². The van der Waals surface area contributed by atoms with Crippen molar-refractivity contribution < 1.29 is 8.78 Å². The van der Waals surface area contributed by atoms with Gasteiger partial charge in [0.15, 0.2) is 0 Å². The van der Waals surface area contributed by atoms with Crippen LogP contribution in [-0.4, -0.2) is 58.9 Å². The predicted molar refractivity (Wildman–Crippen MR) is 79.9 cm³/mol. The minimum Gasteiger partial charge on any atom is -0.295 e. The first-order valence-corrected chi connectivity index (χ1v) is 8.81. The van der Waals surface area contributed by atoms with Gasteiger partial charge in [0.05, 0.1) is 0 Å². The Morgan fingerprint density at radius 3 is 2.76 bits per heavy atom. The van der Waals surface area contributed by atoms with Crippen molar-refractivity contribution in [3.63, 3.8) is 0 Å². The van der Waals surface area contributed by atoms with Gasteiger partial charge >= 0.3 is 0 Å². The third kappa shape index (κ3) is 2.24. The molecule has 120 valence electrons. The fraction of sp³-hybridized carbons (Fsp3) is 1.00. The van der Waals surface area contributed by atoms with Crippen LogP contribution in [0.15, 0.2) is 0 Å². The number of fused-ring (bicyclic) bond motifs is 2. The smallest absolute Gasteiger partial charge is 0.115 e. The van der Waals surface area contributed by atoms with Crippen LogP contribution in [0.3, 0.4) is 0 Å². The van der Waals surface area contributed by atoms with E-state index in [4.69, 9.17) is 0 Å². The second kappa shape index (κ2) is 4.89. The third-order valence-corrected chi connectivity index (χ3v) is 6.91. The molecule has 0 radical (unpaired) electrons. The summed E-state index contributed by atoms with van der Waals surface area (Å²) < 4.78 is 27.6. The van der Waals surface area contributed by atoms with Crippen molar-refractivity contribution in [3.8, 4) is 0 Å². The van der Waals surface area contributed by atoms with Crippen LogP contribution >= 0.6 is 0 Å². The maximum Gasteiger partial charge on any atom is 0.115 e. The summed E-state index contributed by atoms with van der Waals surface area (Å²) in [5.41, 5.74) is 0.253. The van der Waals surface area contributed by atoms with Crippen LogP contribution in [0.5, 0.6) is 0 Å². The molecule has 4 heteroatoms. The Morgan fingerprint density at radius 2 is 1.90 bits per heavy atom. The van der Waals surface area contributed by atoms with Crippen LogP contribution in [0.2, 0.25) is 0 Å². The van der Waals surface area contributed by atoms with Gasteiger partial charge in [0.1, 0.15) is 12.3 Å². The molecule has 4 saturated heterocycles.